The van der Waals surface area contributed by atoms with Crippen LogP contribution in [0.5, 0.6) is 0 Å². The lowest BCUT2D eigenvalue weighted by Crippen LogP contribution is -2.32. The zero-order chi connectivity index (χ0) is 34.3. The third-order valence-electron chi connectivity index (χ3n) is 10.6. The first-order chi connectivity index (χ1) is 25.1. The molecule has 1 aliphatic carbocycles. The summed E-state index contributed by atoms with van der Waals surface area (Å²) in [6.45, 7) is 1.48. The number of rotatable bonds is 8. The van der Waals surface area contributed by atoms with Gasteiger partial charge in [0.05, 0.1) is 48.7 Å². The van der Waals surface area contributed by atoms with E-state index in [1.54, 1.807) is 24.8 Å². The van der Waals surface area contributed by atoms with E-state index in [-0.39, 0.29) is 23.9 Å². The van der Waals surface area contributed by atoms with Crippen LogP contribution in [0.25, 0.3) is 33.6 Å². The Bertz CT molecular complexity index is 2070. The predicted octanol–water partition coefficient (Wildman–Crippen LogP) is 6.64. The van der Waals surface area contributed by atoms with Gasteiger partial charge in [-0.25, -0.2) is 9.97 Å². The van der Waals surface area contributed by atoms with Gasteiger partial charge >= 0.3 is 0 Å². The van der Waals surface area contributed by atoms with Gasteiger partial charge in [-0.1, -0.05) is 36.4 Å². The maximum atomic E-state index is 13.2. The maximum Gasteiger partial charge on any atom is 0.227 e. The summed E-state index contributed by atoms with van der Waals surface area (Å²) in [7, 11) is 0. The first-order valence-electron chi connectivity index (χ1n) is 17.8. The second-order valence-electron chi connectivity index (χ2n) is 13.9. The molecule has 0 bridgehead atoms. The molecule has 2 saturated heterocycles. The highest BCUT2D eigenvalue weighted by molar-refractivity contribution is 5.82. The van der Waals surface area contributed by atoms with Gasteiger partial charge in [0.15, 0.2) is 0 Å². The molecule has 2 N–H and O–H groups in total. The van der Waals surface area contributed by atoms with Gasteiger partial charge in [-0.3, -0.25) is 19.6 Å². The third-order valence-corrected chi connectivity index (χ3v) is 10.6. The molecule has 2 fully saturated rings. The minimum absolute atomic E-state index is 0.0490. The Morgan fingerprint density at radius 2 is 1.14 bits per heavy atom. The molecule has 2 atom stereocenters. The third kappa shape index (κ3) is 6.00. The fraction of sp³-hybridized carbons (Fsp3) is 0.268. The fourth-order valence-electron chi connectivity index (χ4n) is 8.11. The minimum atomic E-state index is -0.0490. The molecular weight excluding hydrogens is 637 g/mol. The van der Waals surface area contributed by atoms with Crippen molar-refractivity contribution < 1.29 is 9.59 Å². The predicted molar refractivity (Wildman–Crippen MR) is 193 cm³/mol. The van der Waals surface area contributed by atoms with Gasteiger partial charge in [-0.05, 0) is 101 Å². The highest BCUT2D eigenvalue weighted by atomic mass is 16.2. The average Bonchev–Trinajstić information content (AvgIpc) is 4.01. The summed E-state index contributed by atoms with van der Waals surface area (Å²) < 4.78 is 0. The van der Waals surface area contributed by atoms with E-state index in [2.05, 4.69) is 56.3 Å². The van der Waals surface area contributed by atoms with Crippen LogP contribution in [-0.2, 0) is 28.9 Å². The van der Waals surface area contributed by atoms with Crippen molar-refractivity contribution in [3.8, 4) is 33.6 Å². The Morgan fingerprint density at radius 1 is 0.647 bits per heavy atom. The van der Waals surface area contributed by atoms with Crippen LogP contribution in [-0.4, -0.2) is 64.6 Å². The van der Waals surface area contributed by atoms with Crippen LogP contribution in [0.3, 0.4) is 0 Å². The van der Waals surface area contributed by atoms with Gasteiger partial charge < -0.3 is 19.8 Å². The van der Waals surface area contributed by atoms with E-state index in [1.165, 1.54) is 22.3 Å². The molecule has 2 aliphatic heterocycles. The standard InChI is InChI=1S/C41H38N8O2/c50-38(17-26-5-1-13-42-22-26)48-15-3-7-36(48)40-44-24-34(46-40)28-9-11-32-30(19-28)21-31-20-29(10-12-33(31)32)35-25-45-41(47-35)37-8-4-16-49(37)39(51)18-27-6-2-14-43-23-27/h1-2,5-6,9-14,19-20,22-25,36-37H,3-4,7-8,15-18,21H2,(H,44,46)(H,45,47)/t36-,37-/m1/s1. The second kappa shape index (κ2) is 13.1. The number of nitrogens with one attached hydrogen (secondary N) is 2. The van der Waals surface area contributed by atoms with Crippen LogP contribution in [0, 0.1) is 0 Å². The Labute approximate surface area is 296 Å². The molecule has 10 heteroatoms. The Morgan fingerprint density at radius 3 is 1.59 bits per heavy atom. The van der Waals surface area contributed by atoms with E-state index >= 15 is 0 Å². The number of nitrogens with zero attached hydrogens (tertiary/aromatic N) is 6. The molecule has 3 aliphatic rings. The summed E-state index contributed by atoms with van der Waals surface area (Å²) in [5.74, 6) is 1.90. The van der Waals surface area contributed by atoms with Gasteiger partial charge in [0.2, 0.25) is 11.8 Å². The molecular formula is C41H38N8O2. The zero-order valence-corrected chi connectivity index (χ0v) is 28.3. The highest BCUT2D eigenvalue weighted by Crippen LogP contribution is 2.41. The van der Waals surface area contributed by atoms with Gasteiger partial charge in [0.1, 0.15) is 11.6 Å². The number of benzene rings is 2. The molecule has 0 spiro atoms. The van der Waals surface area contributed by atoms with Crippen molar-refractivity contribution in [1.82, 2.24) is 39.7 Å². The van der Waals surface area contributed by atoms with E-state index in [9.17, 15) is 9.59 Å². The molecule has 6 heterocycles. The summed E-state index contributed by atoms with van der Waals surface area (Å²) in [5.41, 5.74) is 11.0. The van der Waals surface area contributed by atoms with E-state index < -0.39 is 0 Å². The molecule has 9 rings (SSSR count). The maximum absolute atomic E-state index is 13.2. The number of amides is 2. The van der Waals surface area contributed by atoms with E-state index in [0.717, 1.165) is 90.5 Å². The van der Waals surface area contributed by atoms with Crippen LogP contribution in [0.4, 0.5) is 0 Å². The second-order valence-corrected chi connectivity index (χ2v) is 13.9. The number of hydrogen-bond acceptors (Lipinski definition) is 6. The number of fused-ring (bicyclic) bond motifs is 3. The van der Waals surface area contributed by atoms with Crippen LogP contribution < -0.4 is 0 Å². The molecule has 0 unspecified atom stereocenters. The lowest BCUT2D eigenvalue weighted by molar-refractivity contribution is -0.132. The smallest absolute Gasteiger partial charge is 0.227 e. The first kappa shape index (κ1) is 31.1. The Kier molecular flexibility index (Phi) is 7.99. The molecule has 6 aromatic rings. The molecule has 10 nitrogen and oxygen atoms in total. The number of imidazole rings is 2. The van der Waals surface area contributed by atoms with Crippen molar-refractivity contribution in [2.24, 2.45) is 0 Å². The van der Waals surface area contributed by atoms with Crippen molar-refractivity contribution in [1.29, 1.82) is 0 Å². The first-order valence-corrected chi connectivity index (χ1v) is 17.8. The number of aromatic nitrogens is 6. The van der Waals surface area contributed by atoms with Crippen LogP contribution >= 0.6 is 0 Å². The Balaban J connectivity index is 0.889. The van der Waals surface area contributed by atoms with Gasteiger partial charge in [0, 0.05) is 37.9 Å². The number of H-pyrrole nitrogens is 2. The lowest BCUT2D eigenvalue weighted by atomic mass is 10.0. The molecule has 0 radical (unpaired) electrons. The van der Waals surface area contributed by atoms with Crippen LogP contribution in [0.2, 0.25) is 0 Å². The summed E-state index contributed by atoms with van der Waals surface area (Å²) in [4.78, 5) is 55.3. The van der Waals surface area contributed by atoms with E-state index in [0.29, 0.717) is 12.8 Å². The molecule has 2 aromatic carbocycles. The van der Waals surface area contributed by atoms with Crippen molar-refractivity contribution >= 4 is 11.8 Å². The fourth-order valence-corrected chi connectivity index (χ4v) is 8.11. The van der Waals surface area contributed by atoms with E-state index in [1.807, 2.05) is 46.5 Å². The average molecular weight is 675 g/mol. The van der Waals surface area contributed by atoms with Gasteiger partial charge in [-0.15, -0.1) is 0 Å². The van der Waals surface area contributed by atoms with Crippen molar-refractivity contribution in [3.05, 3.63) is 132 Å². The van der Waals surface area contributed by atoms with Crippen molar-refractivity contribution in [3.63, 3.8) is 0 Å². The summed E-state index contributed by atoms with van der Waals surface area (Å²) >= 11 is 0. The van der Waals surface area contributed by atoms with Crippen molar-refractivity contribution in [2.75, 3.05) is 13.1 Å². The van der Waals surface area contributed by atoms with Crippen LogP contribution in [0.1, 0.15) is 71.7 Å². The number of hydrogen-bond donors (Lipinski definition) is 2. The van der Waals surface area contributed by atoms with Gasteiger partial charge in [0.25, 0.3) is 0 Å². The number of pyridine rings is 2. The normalized spacial score (nSPS) is 17.9. The summed E-state index contributed by atoms with van der Waals surface area (Å²) in [6, 6.07) is 20.8. The Hall–Kier alpha value is -5.90. The molecule has 0 saturated carbocycles. The summed E-state index contributed by atoms with van der Waals surface area (Å²) in [5, 5.41) is 0. The number of likely N-dealkylation sites (tertiary alicyclic amines) is 2. The van der Waals surface area contributed by atoms with Crippen molar-refractivity contribution in [2.45, 2.75) is 57.0 Å². The monoisotopic (exact) mass is 674 g/mol. The quantitative estimate of drug-likeness (QED) is 0.186. The van der Waals surface area contributed by atoms with Crippen LogP contribution in [0.15, 0.2) is 97.8 Å². The number of aromatic amines is 2. The SMILES string of the molecule is O=C(Cc1cccnc1)N1CCC[C@@H]1c1ncc(-c2ccc3c(c2)Cc2cc(-c4cnc([C@H]5CCCN5C(=O)Cc5cccnc5)[nH]4)ccc2-3)[nH]1. The molecule has 2 amide bonds. The summed E-state index contributed by atoms with van der Waals surface area (Å²) in [6.07, 6.45) is 16.0. The molecule has 4 aromatic heterocycles. The minimum Gasteiger partial charge on any atom is -0.340 e. The lowest BCUT2D eigenvalue weighted by Gasteiger charge is -2.23. The zero-order valence-electron chi connectivity index (χ0n) is 28.3. The molecule has 254 valence electrons. The number of carbonyl (C=O) groups is 2. The highest BCUT2D eigenvalue weighted by Gasteiger charge is 2.33. The van der Waals surface area contributed by atoms with E-state index in [4.69, 9.17) is 9.97 Å². The number of carbonyl (C=O) groups excluding carboxylic acids is 2. The van der Waals surface area contributed by atoms with Gasteiger partial charge in [-0.2, -0.15) is 0 Å². The topological polar surface area (TPSA) is 124 Å². The molecule has 51 heavy (non-hydrogen) atoms. The largest absolute Gasteiger partial charge is 0.340 e.